The van der Waals surface area contributed by atoms with Gasteiger partial charge < -0.3 is 10.1 Å². The van der Waals surface area contributed by atoms with Gasteiger partial charge in [0.15, 0.2) is 0 Å². The van der Waals surface area contributed by atoms with E-state index in [0.717, 1.165) is 12.8 Å². The zero-order chi connectivity index (χ0) is 17.4. The van der Waals surface area contributed by atoms with Gasteiger partial charge in [-0.15, -0.1) is 11.8 Å². The molecule has 1 saturated carbocycles. The zero-order valence-corrected chi connectivity index (χ0v) is 15.4. The van der Waals surface area contributed by atoms with Gasteiger partial charge in [-0.25, -0.2) is 0 Å². The lowest BCUT2D eigenvalue weighted by molar-refractivity contribution is -0.137. The van der Waals surface area contributed by atoms with E-state index in [1.165, 1.54) is 42.8 Å². The van der Waals surface area contributed by atoms with Crippen LogP contribution < -0.4 is 5.32 Å². The molecule has 4 nitrogen and oxygen atoms in total. The van der Waals surface area contributed by atoms with Crippen molar-refractivity contribution in [3.63, 3.8) is 0 Å². The molecule has 1 fully saturated rings. The summed E-state index contributed by atoms with van der Waals surface area (Å²) in [5.41, 5.74) is 2.70. The second-order valence-electron chi connectivity index (χ2n) is 6.51. The molecule has 1 aliphatic rings. The van der Waals surface area contributed by atoms with E-state index in [9.17, 15) is 9.59 Å². The van der Waals surface area contributed by atoms with Crippen LogP contribution in [0.5, 0.6) is 0 Å². The summed E-state index contributed by atoms with van der Waals surface area (Å²) in [4.78, 5) is 23.2. The fourth-order valence-electron chi connectivity index (χ4n) is 3.33. The molecule has 0 saturated heterocycles. The van der Waals surface area contributed by atoms with Crippen molar-refractivity contribution in [2.75, 3.05) is 25.2 Å². The van der Waals surface area contributed by atoms with Gasteiger partial charge in [0.1, 0.15) is 0 Å². The van der Waals surface area contributed by atoms with Gasteiger partial charge >= 0.3 is 5.97 Å². The third-order valence-corrected chi connectivity index (χ3v) is 5.67. The number of methoxy groups -OCH3 is 1. The molecule has 0 heterocycles. The first-order valence-electron chi connectivity index (χ1n) is 8.54. The van der Waals surface area contributed by atoms with Gasteiger partial charge in [0, 0.05) is 24.1 Å². The van der Waals surface area contributed by atoms with Crippen LogP contribution in [0, 0.1) is 6.92 Å². The molecular formula is C19H27NO3S. The molecule has 0 aliphatic heterocycles. The predicted octanol–water partition coefficient (Wildman–Crippen LogP) is 3.22. The Hall–Kier alpha value is -1.49. The Labute approximate surface area is 148 Å². The third kappa shape index (κ3) is 5.26. The highest BCUT2D eigenvalue weighted by Gasteiger charge is 2.35. The van der Waals surface area contributed by atoms with Gasteiger partial charge in [0.25, 0.3) is 0 Å². The van der Waals surface area contributed by atoms with E-state index in [4.69, 9.17) is 0 Å². The molecule has 0 spiro atoms. The average molecular weight is 349 g/mol. The van der Waals surface area contributed by atoms with Gasteiger partial charge in [-0.3, -0.25) is 9.59 Å². The molecule has 0 bridgehead atoms. The van der Waals surface area contributed by atoms with Crippen molar-refractivity contribution >= 4 is 23.6 Å². The van der Waals surface area contributed by atoms with E-state index in [0.29, 0.717) is 24.5 Å². The largest absolute Gasteiger partial charge is 0.468 e. The number of amides is 1. The first-order chi connectivity index (χ1) is 11.6. The monoisotopic (exact) mass is 349 g/mol. The van der Waals surface area contributed by atoms with E-state index >= 15 is 0 Å². The number of aryl methyl sites for hydroxylation is 1. The maximum absolute atomic E-state index is 12.1. The number of thioether (sulfide) groups is 1. The van der Waals surface area contributed by atoms with Crippen LogP contribution in [-0.2, 0) is 19.7 Å². The SMILES string of the molecule is COC(=O)CSCCC(=O)NCC1(c2cccc(C)c2)CCCC1. The first kappa shape index (κ1) is 18.8. The highest BCUT2D eigenvalue weighted by atomic mass is 32.2. The normalized spacial score (nSPS) is 15.9. The van der Waals surface area contributed by atoms with Crippen molar-refractivity contribution in [2.24, 2.45) is 0 Å². The second kappa shape index (κ2) is 9.11. The van der Waals surface area contributed by atoms with E-state index < -0.39 is 0 Å². The van der Waals surface area contributed by atoms with Crippen LogP contribution in [0.25, 0.3) is 0 Å². The summed E-state index contributed by atoms with van der Waals surface area (Å²) in [7, 11) is 1.38. The van der Waals surface area contributed by atoms with Crippen LogP contribution in [0.4, 0.5) is 0 Å². The summed E-state index contributed by atoms with van der Waals surface area (Å²) < 4.78 is 4.58. The lowest BCUT2D eigenvalue weighted by atomic mass is 9.78. The number of esters is 1. The Balaban J connectivity index is 1.83. The number of ether oxygens (including phenoxy) is 1. The molecule has 2 rings (SSSR count). The Morgan fingerprint density at radius 1 is 1.29 bits per heavy atom. The molecular weight excluding hydrogens is 322 g/mol. The molecule has 0 aromatic heterocycles. The number of nitrogens with one attached hydrogen (secondary N) is 1. The smallest absolute Gasteiger partial charge is 0.315 e. The van der Waals surface area contributed by atoms with Crippen molar-refractivity contribution in [3.8, 4) is 0 Å². The summed E-state index contributed by atoms with van der Waals surface area (Å²) >= 11 is 1.43. The molecule has 132 valence electrons. The van der Waals surface area contributed by atoms with Crippen LogP contribution in [0.3, 0.4) is 0 Å². The molecule has 5 heteroatoms. The van der Waals surface area contributed by atoms with Gasteiger partial charge in [0.2, 0.25) is 5.91 Å². The standard InChI is InChI=1S/C19H27NO3S/c1-15-6-5-7-16(12-15)19(9-3-4-10-19)14-20-17(21)8-11-24-13-18(22)23-2/h5-7,12H,3-4,8-11,13-14H2,1-2H3,(H,20,21). The van der Waals surface area contributed by atoms with E-state index in [1.807, 2.05) is 0 Å². The van der Waals surface area contributed by atoms with E-state index in [1.54, 1.807) is 0 Å². The zero-order valence-electron chi connectivity index (χ0n) is 14.6. The number of benzene rings is 1. The van der Waals surface area contributed by atoms with Crippen molar-refractivity contribution in [1.29, 1.82) is 0 Å². The second-order valence-corrected chi connectivity index (χ2v) is 7.62. The predicted molar refractivity (Wildman–Crippen MR) is 98.3 cm³/mol. The molecule has 1 N–H and O–H groups in total. The van der Waals surface area contributed by atoms with Crippen molar-refractivity contribution in [3.05, 3.63) is 35.4 Å². The van der Waals surface area contributed by atoms with Gasteiger partial charge in [0.05, 0.1) is 12.9 Å². The lowest BCUT2D eigenvalue weighted by Crippen LogP contribution is -2.39. The van der Waals surface area contributed by atoms with Gasteiger partial charge in [-0.05, 0) is 25.3 Å². The molecule has 1 amide bonds. The fraction of sp³-hybridized carbons (Fsp3) is 0.579. The molecule has 1 aliphatic carbocycles. The van der Waals surface area contributed by atoms with Crippen LogP contribution in [0.2, 0.25) is 0 Å². The van der Waals surface area contributed by atoms with E-state index in [-0.39, 0.29) is 17.3 Å². The fourth-order valence-corrected chi connectivity index (χ4v) is 4.09. The van der Waals surface area contributed by atoms with Gasteiger partial charge in [-0.1, -0.05) is 42.7 Å². The third-order valence-electron chi connectivity index (χ3n) is 4.74. The Bertz CT molecular complexity index is 567. The Kier molecular flexibility index (Phi) is 7.16. The lowest BCUT2D eigenvalue weighted by Gasteiger charge is -2.30. The summed E-state index contributed by atoms with van der Waals surface area (Å²) in [5, 5.41) is 3.12. The highest BCUT2D eigenvalue weighted by Crippen LogP contribution is 2.40. The topological polar surface area (TPSA) is 55.4 Å². The number of hydrogen-bond acceptors (Lipinski definition) is 4. The number of carbonyl (C=O) groups is 2. The summed E-state index contributed by atoms with van der Waals surface area (Å²) in [6.07, 6.45) is 5.14. The van der Waals surface area contributed by atoms with Crippen LogP contribution in [-0.4, -0.2) is 37.0 Å². The summed E-state index contributed by atoms with van der Waals surface area (Å²) in [6, 6.07) is 8.67. The maximum Gasteiger partial charge on any atom is 0.315 e. The molecule has 0 atom stereocenters. The Morgan fingerprint density at radius 3 is 2.71 bits per heavy atom. The minimum Gasteiger partial charge on any atom is -0.468 e. The maximum atomic E-state index is 12.1. The Morgan fingerprint density at radius 2 is 2.04 bits per heavy atom. The van der Waals surface area contributed by atoms with Gasteiger partial charge in [-0.2, -0.15) is 0 Å². The number of hydrogen-bond donors (Lipinski definition) is 1. The molecule has 1 aromatic carbocycles. The minimum atomic E-state index is -0.246. The van der Waals surface area contributed by atoms with E-state index in [2.05, 4.69) is 41.2 Å². The molecule has 0 unspecified atom stereocenters. The van der Waals surface area contributed by atoms with Crippen LogP contribution in [0.15, 0.2) is 24.3 Å². The molecule has 24 heavy (non-hydrogen) atoms. The van der Waals surface area contributed by atoms with Crippen molar-refractivity contribution in [2.45, 2.75) is 44.4 Å². The molecule has 0 radical (unpaired) electrons. The quantitative estimate of drug-likeness (QED) is 0.578. The van der Waals surface area contributed by atoms with Crippen LogP contribution in [0.1, 0.15) is 43.2 Å². The summed E-state index contributed by atoms with van der Waals surface area (Å²) in [5.74, 6) is 0.756. The number of rotatable bonds is 8. The minimum absolute atomic E-state index is 0.0614. The van der Waals surface area contributed by atoms with Crippen LogP contribution >= 0.6 is 11.8 Å². The highest BCUT2D eigenvalue weighted by molar-refractivity contribution is 7.99. The first-order valence-corrected chi connectivity index (χ1v) is 9.70. The summed E-state index contributed by atoms with van der Waals surface area (Å²) in [6.45, 7) is 2.82. The average Bonchev–Trinajstić information content (AvgIpc) is 3.07. The van der Waals surface area contributed by atoms with Crippen molar-refractivity contribution < 1.29 is 14.3 Å². The van der Waals surface area contributed by atoms with Crippen molar-refractivity contribution in [1.82, 2.24) is 5.32 Å². The molecule has 1 aromatic rings. The number of carbonyl (C=O) groups excluding carboxylic acids is 2.